The van der Waals surface area contributed by atoms with Gasteiger partial charge in [-0.15, -0.1) is 0 Å². The van der Waals surface area contributed by atoms with E-state index in [0.717, 1.165) is 5.56 Å². The lowest BCUT2D eigenvalue weighted by molar-refractivity contribution is -0.144. The van der Waals surface area contributed by atoms with Crippen molar-refractivity contribution in [1.82, 2.24) is 0 Å². The lowest BCUT2D eigenvalue weighted by Crippen LogP contribution is -2.29. The van der Waals surface area contributed by atoms with Gasteiger partial charge in [0.1, 0.15) is 0 Å². The number of halogens is 2. The van der Waals surface area contributed by atoms with Crippen molar-refractivity contribution in [3.05, 3.63) is 34.9 Å². The van der Waals surface area contributed by atoms with E-state index in [0.29, 0.717) is 23.6 Å². The van der Waals surface area contributed by atoms with Gasteiger partial charge in [0, 0.05) is 10.6 Å². The summed E-state index contributed by atoms with van der Waals surface area (Å²) in [6, 6.07) is 7.58. The minimum atomic E-state index is -0.696. The van der Waals surface area contributed by atoms with Crippen LogP contribution in [0, 0.1) is 0 Å². The molecular weight excluding hydrogens is 267 g/mol. The number of ether oxygens (including phenoxy) is 2. The van der Waals surface area contributed by atoms with E-state index in [-0.39, 0.29) is 0 Å². The van der Waals surface area contributed by atoms with Crippen molar-refractivity contribution < 1.29 is 9.47 Å². The van der Waals surface area contributed by atoms with Crippen LogP contribution in [0.5, 0.6) is 0 Å². The van der Waals surface area contributed by atoms with Gasteiger partial charge in [-0.05, 0) is 6.07 Å². The highest BCUT2D eigenvalue weighted by atomic mass is 79.9. The molecule has 0 atom stereocenters. The van der Waals surface area contributed by atoms with Gasteiger partial charge in [-0.2, -0.15) is 0 Å². The molecule has 0 aromatic heterocycles. The van der Waals surface area contributed by atoms with Crippen LogP contribution < -0.4 is 0 Å². The Balaban J connectivity index is 2.41. The molecule has 0 unspecified atom stereocenters. The Labute approximate surface area is 96.3 Å². The summed E-state index contributed by atoms with van der Waals surface area (Å²) in [6.45, 7) is 1.22. The van der Waals surface area contributed by atoms with Crippen LogP contribution >= 0.6 is 27.5 Å². The molecule has 1 saturated heterocycles. The molecule has 0 aliphatic carbocycles. The Morgan fingerprint density at radius 3 is 2.50 bits per heavy atom. The normalized spacial score (nSPS) is 19.9. The van der Waals surface area contributed by atoms with Gasteiger partial charge in [0.05, 0.1) is 18.5 Å². The van der Waals surface area contributed by atoms with E-state index >= 15 is 0 Å². The van der Waals surface area contributed by atoms with Gasteiger partial charge in [-0.1, -0.05) is 45.7 Å². The molecular formula is C10H10BrClO2. The van der Waals surface area contributed by atoms with E-state index in [1.54, 1.807) is 0 Å². The van der Waals surface area contributed by atoms with Crippen molar-refractivity contribution in [2.75, 3.05) is 18.5 Å². The molecule has 1 aromatic rings. The Morgan fingerprint density at radius 1 is 1.29 bits per heavy atom. The molecule has 14 heavy (non-hydrogen) atoms. The first-order chi connectivity index (χ1) is 6.78. The third kappa shape index (κ3) is 1.70. The molecule has 4 heteroatoms. The van der Waals surface area contributed by atoms with Crippen molar-refractivity contribution in [3.8, 4) is 0 Å². The number of benzene rings is 1. The summed E-state index contributed by atoms with van der Waals surface area (Å²) >= 11 is 9.49. The van der Waals surface area contributed by atoms with Gasteiger partial charge in [0.15, 0.2) is 0 Å². The van der Waals surface area contributed by atoms with Crippen LogP contribution in [-0.2, 0) is 15.3 Å². The van der Waals surface area contributed by atoms with Crippen LogP contribution in [-0.4, -0.2) is 18.5 Å². The third-order valence-electron chi connectivity index (χ3n) is 2.21. The molecule has 0 N–H and O–H groups in total. The molecule has 0 amide bonds. The zero-order valence-electron chi connectivity index (χ0n) is 7.50. The minimum absolute atomic E-state index is 0.587. The molecule has 0 bridgehead atoms. The average Bonchev–Trinajstić information content (AvgIpc) is 2.68. The average molecular weight is 278 g/mol. The SMILES string of the molecule is Clc1ccccc1C1(CBr)OCCO1. The topological polar surface area (TPSA) is 18.5 Å². The number of hydrogen-bond acceptors (Lipinski definition) is 2. The third-order valence-corrected chi connectivity index (χ3v) is 3.28. The first-order valence-electron chi connectivity index (χ1n) is 4.37. The standard InChI is InChI=1S/C10H10BrClO2/c11-7-10(13-5-6-14-10)8-3-1-2-4-9(8)12/h1-4H,5-7H2. The van der Waals surface area contributed by atoms with Crippen molar-refractivity contribution >= 4 is 27.5 Å². The molecule has 1 aliphatic heterocycles. The van der Waals surface area contributed by atoms with Crippen LogP contribution in [0.1, 0.15) is 5.56 Å². The van der Waals surface area contributed by atoms with Crippen LogP contribution in [0.3, 0.4) is 0 Å². The van der Waals surface area contributed by atoms with E-state index in [1.807, 2.05) is 24.3 Å². The van der Waals surface area contributed by atoms with Crippen molar-refractivity contribution in [2.45, 2.75) is 5.79 Å². The molecule has 76 valence electrons. The van der Waals surface area contributed by atoms with Crippen LogP contribution in [0.25, 0.3) is 0 Å². The number of rotatable bonds is 2. The lowest BCUT2D eigenvalue weighted by atomic mass is 10.1. The zero-order chi connectivity index (χ0) is 10.0. The lowest BCUT2D eigenvalue weighted by Gasteiger charge is -2.26. The quantitative estimate of drug-likeness (QED) is 0.774. The van der Waals surface area contributed by atoms with E-state index in [9.17, 15) is 0 Å². The van der Waals surface area contributed by atoms with Gasteiger partial charge in [0.25, 0.3) is 0 Å². The Bertz CT molecular complexity index is 324. The zero-order valence-corrected chi connectivity index (χ0v) is 9.85. The van der Waals surface area contributed by atoms with Gasteiger partial charge >= 0.3 is 0 Å². The summed E-state index contributed by atoms with van der Waals surface area (Å²) in [7, 11) is 0. The summed E-state index contributed by atoms with van der Waals surface area (Å²) < 4.78 is 11.2. The second-order valence-electron chi connectivity index (χ2n) is 3.06. The van der Waals surface area contributed by atoms with E-state index in [2.05, 4.69) is 15.9 Å². The van der Waals surface area contributed by atoms with Crippen LogP contribution in [0.15, 0.2) is 24.3 Å². The van der Waals surface area contributed by atoms with Crippen molar-refractivity contribution in [2.24, 2.45) is 0 Å². The molecule has 2 nitrogen and oxygen atoms in total. The predicted octanol–water partition coefficient (Wildman–Crippen LogP) is 2.93. The Morgan fingerprint density at radius 2 is 1.93 bits per heavy atom. The molecule has 1 heterocycles. The van der Waals surface area contributed by atoms with E-state index < -0.39 is 5.79 Å². The second kappa shape index (κ2) is 4.19. The summed E-state index contributed by atoms with van der Waals surface area (Å²) in [6.07, 6.45) is 0. The van der Waals surface area contributed by atoms with Crippen molar-refractivity contribution in [1.29, 1.82) is 0 Å². The molecule has 0 saturated carbocycles. The molecule has 0 spiro atoms. The first kappa shape index (κ1) is 10.4. The maximum atomic E-state index is 6.09. The number of alkyl halides is 1. The smallest absolute Gasteiger partial charge is 0.206 e. The Hall–Kier alpha value is -0.0900. The van der Waals surface area contributed by atoms with E-state index in [4.69, 9.17) is 21.1 Å². The van der Waals surface area contributed by atoms with Crippen LogP contribution in [0.4, 0.5) is 0 Å². The molecule has 1 fully saturated rings. The fraction of sp³-hybridized carbons (Fsp3) is 0.400. The van der Waals surface area contributed by atoms with Crippen LogP contribution in [0.2, 0.25) is 5.02 Å². The van der Waals surface area contributed by atoms with Gasteiger partial charge in [-0.3, -0.25) is 0 Å². The maximum Gasteiger partial charge on any atom is 0.206 e. The molecule has 1 aromatic carbocycles. The van der Waals surface area contributed by atoms with Gasteiger partial charge in [-0.25, -0.2) is 0 Å². The maximum absolute atomic E-state index is 6.09. The van der Waals surface area contributed by atoms with Gasteiger partial charge in [0.2, 0.25) is 5.79 Å². The molecule has 1 aliphatic rings. The Kier molecular flexibility index (Phi) is 3.12. The highest BCUT2D eigenvalue weighted by Crippen LogP contribution is 2.36. The summed E-state index contributed by atoms with van der Waals surface area (Å²) in [5, 5.41) is 1.26. The second-order valence-corrected chi connectivity index (χ2v) is 4.03. The molecule has 2 rings (SSSR count). The highest BCUT2D eigenvalue weighted by Gasteiger charge is 2.38. The fourth-order valence-corrected chi connectivity index (χ4v) is 2.43. The fourth-order valence-electron chi connectivity index (χ4n) is 1.53. The summed E-state index contributed by atoms with van der Waals surface area (Å²) in [4.78, 5) is 0. The highest BCUT2D eigenvalue weighted by molar-refractivity contribution is 9.09. The predicted molar refractivity (Wildman–Crippen MR) is 58.8 cm³/mol. The van der Waals surface area contributed by atoms with Gasteiger partial charge < -0.3 is 9.47 Å². The van der Waals surface area contributed by atoms with Crippen molar-refractivity contribution in [3.63, 3.8) is 0 Å². The first-order valence-corrected chi connectivity index (χ1v) is 5.87. The summed E-state index contributed by atoms with van der Waals surface area (Å²) in [5.41, 5.74) is 0.885. The van der Waals surface area contributed by atoms with E-state index in [1.165, 1.54) is 0 Å². The summed E-state index contributed by atoms with van der Waals surface area (Å²) in [5.74, 6) is -0.696. The molecule has 0 radical (unpaired) electrons. The largest absolute Gasteiger partial charge is 0.343 e. The number of hydrogen-bond donors (Lipinski definition) is 0. The monoisotopic (exact) mass is 276 g/mol. The minimum Gasteiger partial charge on any atom is -0.343 e.